The van der Waals surface area contributed by atoms with Gasteiger partial charge in [0.2, 0.25) is 0 Å². The minimum atomic E-state index is -1.03. The Morgan fingerprint density at radius 3 is 2.60 bits per heavy atom. The molecule has 7 atom stereocenters. The number of benzene rings is 3. The highest BCUT2D eigenvalue weighted by molar-refractivity contribution is 5.89. The van der Waals surface area contributed by atoms with Crippen LogP contribution in [0.5, 0.6) is 28.7 Å². The number of methoxy groups -OCH3 is 2. The summed E-state index contributed by atoms with van der Waals surface area (Å²) in [4.78, 5) is 19.4. The number of hydrogen-bond donors (Lipinski definition) is 5. The van der Waals surface area contributed by atoms with Crippen molar-refractivity contribution < 1.29 is 44.2 Å². The van der Waals surface area contributed by atoms with Crippen molar-refractivity contribution in [1.82, 2.24) is 9.88 Å². The first kappa shape index (κ1) is 30.5. The standard InChI is InChI=1S/C37H38N2O9/c1-17-31-21(23(16-45-2)37(44)46-3)13-25-33-20(19-6-4-5-7-24(19)38-33)10-11-39(25)36(31)47-30-15-27(41)22-14-29(43)34(48-35(22)32(17)30)18-8-9-26(40)28(42)12-18/h4-9,12,15-17,21,25,29,31,34,36,38,40-43H,10-11,13-14H2,1-3H3/b23-16+/t17-,21-,25+,29-,31+,34-,36+/m1/s1. The quantitative estimate of drug-likeness (QED) is 0.0871. The molecule has 8 rings (SSSR count). The van der Waals surface area contributed by atoms with Gasteiger partial charge in [0.1, 0.15) is 23.4 Å². The van der Waals surface area contributed by atoms with Crippen LogP contribution in [0.25, 0.3) is 10.9 Å². The Bertz CT molecular complexity index is 1970. The zero-order valence-electron chi connectivity index (χ0n) is 26.8. The molecule has 4 aliphatic rings. The van der Waals surface area contributed by atoms with E-state index in [4.69, 9.17) is 18.9 Å². The zero-order chi connectivity index (χ0) is 33.4. The van der Waals surface area contributed by atoms with Crippen LogP contribution in [-0.4, -0.2) is 69.4 Å². The summed E-state index contributed by atoms with van der Waals surface area (Å²) in [5.41, 5.74) is 5.53. The number of esters is 1. The predicted octanol–water partition coefficient (Wildman–Crippen LogP) is 5.08. The number of phenolic OH excluding ortho intramolecular Hbond substituents is 3. The van der Waals surface area contributed by atoms with Crippen molar-refractivity contribution in [2.45, 2.75) is 56.6 Å². The predicted molar refractivity (Wildman–Crippen MR) is 174 cm³/mol. The molecule has 1 fully saturated rings. The number of nitrogens with one attached hydrogen (secondary N) is 1. The summed E-state index contributed by atoms with van der Waals surface area (Å²) in [6, 6.07) is 14.1. The third kappa shape index (κ3) is 4.51. The molecule has 5 heterocycles. The van der Waals surface area contributed by atoms with Gasteiger partial charge in [0.05, 0.1) is 38.2 Å². The van der Waals surface area contributed by atoms with Gasteiger partial charge in [0, 0.05) is 58.6 Å². The van der Waals surface area contributed by atoms with Gasteiger partial charge in [-0.2, -0.15) is 0 Å². The van der Waals surface area contributed by atoms with Gasteiger partial charge in [0.15, 0.2) is 17.7 Å². The Morgan fingerprint density at radius 2 is 1.83 bits per heavy atom. The van der Waals surface area contributed by atoms with E-state index in [1.807, 2.05) is 12.1 Å². The molecule has 0 aliphatic carbocycles. The summed E-state index contributed by atoms with van der Waals surface area (Å²) >= 11 is 0. The van der Waals surface area contributed by atoms with Gasteiger partial charge >= 0.3 is 5.97 Å². The van der Waals surface area contributed by atoms with E-state index in [0.29, 0.717) is 34.6 Å². The summed E-state index contributed by atoms with van der Waals surface area (Å²) in [6.07, 6.45) is 0.625. The number of nitrogens with zero attached hydrogens (tertiary/aromatic N) is 1. The molecule has 250 valence electrons. The lowest BCUT2D eigenvalue weighted by Gasteiger charge is -2.55. The van der Waals surface area contributed by atoms with Crippen LogP contribution in [0.3, 0.4) is 0 Å². The van der Waals surface area contributed by atoms with Crippen LogP contribution in [0.1, 0.15) is 59.4 Å². The second kappa shape index (κ2) is 11.4. The highest BCUT2D eigenvalue weighted by atomic mass is 16.5. The number of aromatic hydroxyl groups is 3. The lowest BCUT2D eigenvalue weighted by atomic mass is 9.66. The Hall–Kier alpha value is -4.87. The molecule has 5 N–H and O–H groups in total. The molecule has 4 aliphatic heterocycles. The average molecular weight is 655 g/mol. The lowest BCUT2D eigenvalue weighted by Crippen LogP contribution is -2.58. The minimum Gasteiger partial charge on any atom is -0.507 e. The van der Waals surface area contributed by atoms with E-state index in [2.05, 4.69) is 28.9 Å². The maximum Gasteiger partial charge on any atom is 0.337 e. The van der Waals surface area contributed by atoms with E-state index in [1.54, 1.807) is 12.1 Å². The van der Waals surface area contributed by atoms with Gasteiger partial charge in [-0.25, -0.2) is 4.79 Å². The number of hydrogen-bond acceptors (Lipinski definition) is 10. The van der Waals surface area contributed by atoms with E-state index in [-0.39, 0.29) is 47.5 Å². The van der Waals surface area contributed by atoms with Gasteiger partial charge < -0.3 is 44.4 Å². The fourth-order valence-corrected chi connectivity index (χ4v) is 8.71. The van der Waals surface area contributed by atoms with Gasteiger partial charge in [-0.15, -0.1) is 0 Å². The maximum atomic E-state index is 13.4. The Balaban J connectivity index is 1.26. The molecule has 4 aromatic rings. The molecule has 0 bridgehead atoms. The summed E-state index contributed by atoms with van der Waals surface area (Å²) in [5.74, 6) is -1.07. The Labute approximate surface area is 276 Å². The van der Waals surface area contributed by atoms with E-state index < -0.39 is 24.4 Å². The van der Waals surface area contributed by atoms with Gasteiger partial charge in [-0.05, 0) is 48.1 Å². The molecule has 48 heavy (non-hydrogen) atoms. The fourth-order valence-electron chi connectivity index (χ4n) is 8.71. The van der Waals surface area contributed by atoms with E-state index in [0.717, 1.165) is 29.7 Å². The van der Waals surface area contributed by atoms with Gasteiger partial charge in [-0.3, -0.25) is 4.90 Å². The van der Waals surface area contributed by atoms with Crippen LogP contribution >= 0.6 is 0 Å². The number of rotatable bonds is 4. The van der Waals surface area contributed by atoms with Crippen LogP contribution in [0.4, 0.5) is 0 Å². The van der Waals surface area contributed by atoms with Crippen molar-refractivity contribution in [1.29, 1.82) is 0 Å². The molecule has 0 spiro atoms. The monoisotopic (exact) mass is 654 g/mol. The molecule has 0 radical (unpaired) electrons. The first-order chi connectivity index (χ1) is 23.2. The van der Waals surface area contributed by atoms with E-state index in [1.165, 1.54) is 43.6 Å². The first-order valence-corrected chi connectivity index (χ1v) is 16.3. The van der Waals surface area contributed by atoms with Crippen LogP contribution in [-0.2, 0) is 27.1 Å². The van der Waals surface area contributed by atoms with Gasteiger partial charge in [0.25, 0.3) is 0 Å². The molecule has 1 aromatic heterocycles. The van der Waals surface area contributed by atoms with Crippen LogP contribution in [0.15, 0.2) is 60.4 Å². The van der Waals surface area contributed by atoms with Crippen molar-refractivity contribution in [2.24, 2.45) is 11.8 Å². The molecule has 11 heteroatoms. The molecule has 0 saturated carbocycles. The average Bonchev–Trinajstić information content (AvgIpc) is 3.47. The number of aromatic nitrogens is 1. The highest BCUT2D eigenvalue weighted by Gasteiger charge is 2.55. The normalized spacial score (nSPS) is 27.8. The second-order valence-electron chi connectivity index (χ2n) is 13.3. The molecule has 3 aromatic carbocycles. The minimum absolute atomic E-state index is 0.0459. The first-order valence-electron chi connectivity index (χ1n) is 16.3. The number of carbonyl (C=O) groups excluding carboxylic acids is 1. The fraction of sp³-hybridized carbons (Fsp3) is 0.378. The molecule has 11 nitrogen and oxygen atoms in total. The van der Waals surface area contributed by atoms with Crippen LogP contribution in [0.2, 0.25) is 0 Å². The van der Waals surface area contributed by atoms with Crippen molar-refractivity contribution in [2.75, 3.05) is 20.8 Å². The number of ether oxygens (including phenoxy) is 4. The number of aliphatic hydroxyl groups is 1. The van der Waals surface area contributed by atoms with Crippen molar-refractivity contribution in [3.63, 3.8) is 0 Å². The van der Waals surface area contributed by atoms with Crippen molar-refractivity contribution in [3.8, 4) is 28.7 Å². The third-order valence-corrected chi connectivity index (χ3v) is 10.8. The highest BCUT2D eigenvalue weighted by Crippen LogP contribution is 2.59. The summed E-state index contributed by atoms with van der Waals surface area (Å²) in [5, 5.41) is 43.7. The zero-order valence-corrected chi connectivity index (χ0v) is 26.8. The SMILES string of the molecule is CO/C=C(/C(=O)OC)[C@H]1C[C@H]2c3[nH]c4ccccc4c3CCN2[C@H]2Oc3cc(O)c4c(c3[C@H](C)[C@@H]12)O[C@H](c1ccc(O)c(O)c1)[C@H](O)C4. The smallest absolute Gasteiger partial charge is 0.337 e. The molecular weight excluding hydrogens is 616 g/mol. The van der Waals surface area contributed by atoms with Gasteiger partial charge in [-0.1, -0.05) is 31.2 Å². The summed E-state index contributed by atoms with van der Waals surface area (Å²) < 4.78 is 24.2. The largest absolute Gasteiger partial charge is 0.507 e. The summed E-state index contributed by atoms with van der Waals surface area (Å²) in [7, 11) is 2.88. The number of piperidine rings is 1. The van der Waals surface area contributed by atoms with E-state index >= 15 is 0 Å². The Kier molecular flexibility index (Phi) is 7.22. The van der Waals surface area contributed by atoms with E-state index in [9.17, 15) is 25.2 Å². The number of aromatic amines is 1. The number of para-hydroxylation sites is 1. The molecule has 0 amide bonds. The number of carbonyl (C=O) groups is 1. The third-order valence-electron chi connectivity index (χ3n) is 10.8. The topological polar surface area (TPSA) is 154 Å². The van der Waals surface area contributed by atoms with Crippen LogP contribution in [0, 0.1) is 11.8 Å². The summed E-state index contributed by atoms with van der Waals surface area (Å²) in [6.45, 7) is 2.82. The maximum absolute atomic E-state index is 13.4. The van der Waals surface area contributed by atoms with Crippen LogP contribution < -0.4 is 9.47 Å². The lowest BCUT2D eigenvalue weighted by molar-refractivity contribution is -0.142. The molecule has 1 saturated heterocycles. The molecular formula is C37H38N2O9. The number of fused-ring (bicyclic) bond motifs is 10. The Morgan fingerprint density at radius 1 is 1.02 bits per heavy atom. The molecule has 0 unspecified atom stereocenters. The van der Waals surface area contributed by atoms with Crippen molar-refractivity contribution >= 4 is 16.9 Å². The number of H-pyrrole nitrogens is 1. The number of aliphatic hydroxyl groups excluding tert-OH is 1. The second-order valence-corrected chi connectivity index (χ2v) is 13.3. The van der Waals surface area contributed by atoms with Crippen molar-refractivity contribution in [3.05, 3.63) is 88.3 Å². The number of phenols is 3.